The van der Waals surface area contributed by atoms with Crippen LogP contribution < -0.4 is 15.4 Å². The van der Waals surface area contributed by atoms with Gasteiger partial charge in [0, 0.05) is 10.6 Å². The van der Waals surface area contributed by atoms with Crippen molar-refractivity contribution in [3.63, 3.8) is 0 Å². The summed E-state index contributed by atoms with van der Waals surface area (Å²) in [5, 5.41) is 9.66. The minimum absolute atomic E-state index is 0.239. The highest BCUT2D eigenvalue weighted by molar-refractivity contribution is 7.09. The predicted octanol–water partition coefficient (Wildman–Crippen LogP) is 5.55. The summed E-state index contributed by atoms with van der Waals surface area (Å²) in [6, 6.07) is 22.9. The summed E-state index contributed by atoms with van der Waals surface area (Å²) in [6.07, 6.45) is -0.763. The second-order valence-electron chi connectivity index (χ2n) is 7.52. The average molecular weight is 445 g/mol. The minimum Gasteiger partial charge on any atom is -0.480 e. The molecule has 1 unspecified atom stereocenters. The lowest BCUT2D eigenvalue weighted by atomic mass is 10.0. The highest BCUT2D eigenvalue weighted by atomic mass is 32.1. The van der Waals surface area contributed by atoms with Crippen LogP contribution in [0.5, 0.6) is 5.75 Å². The van der Waals surface area contributed by atoms with Gasteiger partial charge in [-0.05, 0) is 59.8 Å². The third-order valence-electron chi connectivity index (χ3n) is 5.18. The van der Waals surface area contributed by atoms with E-state index >= 15 is 0 Å². The first-order valence-corrected chi connectivity index (χ1v) is 11.3. The topological polar surface area (TPSA) is 67.4 Å². The van der Waals surface area contributed by atoms with Crippen LogP contribution in [0.25, 0.3) is 10.8 Å². The van der Waals surface area contributed by atoms with Crippen LogP contribution in [0.4, 0.5) is 5.69 Å². The Labute approximate surface area is 191 Å². The van der Waals surface area contributed by atoms with Gasteiger partial charge in [-0.3, -0.25) is 9.59 Å². The molecule has 0 bridgehead atoms. The minimum atomic E-state index is -0.763. The maximum atomic E-state index is 13.2. The summed E-state index contributed by atoms with van der Waals surface area (Å²) in [4.78, 5) is 26.8. The lowest BCUT2D eigenvalue weighted by molar-refractivity contribution is -0.127. The van der Waals surface area contributed by atoms with Crippen LogP contribution in [0.1, 0.15) is 27.7 Å². The Hall–Kier alpha value is -3.64. The number of aryl methyl sites for hydroxylation is 1. The van der Waals surface area contributed by atoms with Crippen molar-refractivity contribution in [3.8, 4) is 5.75 Å². The van der Waals surface area contributed by atoms with Crippen LogP contribution in [0.15, 0.2) is 78.2 Å². The molecule has 3 aromatic carbocycles. The second-order valence-corrected chi connectivity index (χ2v) is 8.55. The fourth-order valence-electron chi connectivity index (χ4n) is 3.37. The van der Waals surface area contributed by atoms with Gasteiger partial charge in [-0.1, -0.05) is 48.5 Å². The molecule has 0 radical (unpaired) electrons. The maximum Gasteiger partial charge on any atom is 0.261 e. The van der Waals surface area contributed by atoms with E-state index in [9.17, 15) is 9.59 Å². The molecule has 162 valence electrons. The van der Waals surface area contributed by atoms with Crippen molar-refractivity contribution in [3.05, 3.63) is 94.2 Å². The summed E-state index contributed by atoms with van der Waals surface area (Å²) in [5.41, 5.74) is 2.08. The number of nitrogens with one attached hydrogen (secondary N) is 2. The number of benzene rings is 3. The molecule has 0 spiro atoms. The number of hydrogen-bond donors (Lipinski definition) is 2. The lowest BCUT2D eigenvalue weighted by Gasteiger charge is -2.18. The van der Waals surface area contributed by atoms with Crippen LogP contribution in [0, 0.1) is 6.92 Å². The van der Waals surface area contributed by atoms with Crippen molar-refractivity contribution in [2.75, 3.05) is 5.32 Å². The van der Waals surface area contributed by atoms with Gasteiger partial charge in [0.05, 0.1) is 12.1 Å². The molecule has 1 aromatic heterocycles. The highest BCUT2D eigenvalue weighted by Crippen LogP contribution is 2.28. The first-order valence-electron chi connectivity index (χ1n) is 10.4. The number of carbonyl (C=O) groups excluding carboxylic acids is 2. The lowest BCUT2D eigenvalue weighted by Crippen LogP contribution is -2.36. The number of fused-ring (bicyclic) bond motifs is 1. The standard InChI is InChI=1S/C26H24N2O3S/c1-17-8-3-6-12-23(17)28-26(30)22-14-19-9-4-5-10-20(19)15-24(22)31-18(2)25(29)27-16-21-11-7-13-32-21/h3-15,18H,16H2,1-2H3,(H,27,29)(H,28,30). The summed E-state index contributed by atoms with van der Waals surface area (Å²) < 4.78 is 6.00. The predicted molar refractivity (Wildman–Crippen MR) is 129 cm³/mol. The molecular formula is C26H24N2O3S. The summed E-state index contributed by atoms with van der Waals surface area (Å²) in [5.74, 6) is -0.156. The Morgan fingerprint density at radius 1 is 0.969 bits per heavy atom. The van der Waals surface area contributed by atoms with Crippen molar-refractivity contribution in [1.29, 1.82) is 0 Å². The zero-order valence-electron chi connectivity index (χ0n) is 17.9. The number of amides is 2. The maximum absolute atomic E-state index is 13.2. The number of rotatable bonds is 7. The number of anilines is 1. The molecule has 0 aliphatic rings. The van der Waals surface area contributed by atoms with Crippen LogP contribution in [0.2, 0.25) is 0 Å². The number of hydrogen-bond acceptors (Lipinski definition) is 4. The smallest absolute Gasteiger partial charge is 0.261 e. The van der Waals surface area contributed by atoms with Crippen molar-refractivity contribution in [2.45, 2.75) is 26.5 Å². The highest BCUT2D eigenvalue weighted by Gasteiger charge is 2.20. The van der Waals surface area contributed by atoms with E-state index in [1.54, 1.807) is 24.3 Å². The number of ether oxygens (including phenoxy) is 1. The molecule has 1 heterocycles. The molecule has 0 aliphatic carbocycles. The van der Waals surface area contributed by atoms with Crippen molar-refractivity contribution < 1.29 is 14.3 Å². The molecule has 5 nitrogen and oxygen atoms in total. The summed E-state index contributed by atoms with van der Waals surface area (Å²) >= 11 is 1.58. The summed E-state index contributed by atoms with van der Waals surface area (Å²) in [6.45, 7) is 4.07. The molecule has 0 aliphatic heterocycles. The fraction of sp³-hybridized carbons (Fsp3) is 0.154. The number of para-hydroxylation sites is 1. The second kappa shape index (κ2) is 9.66. The van der Waals surface area contributed by atoms with E-state index in [4.69, 9.17) is 4.74 Å². The van der Waals surface area contributed by atoms with Gasteiger partial charge in [-0.15, -0.1) is 11.3 Å². The molecule has 32 heavy (non-hydrogen) atoms. The van der Waals surface area contributed by atoms with E-state index in [1.165, 1.54) is 0 Å². The zero-order valence-corrected chi connectivity index (χ0v) is 18.7. The van der Waals surface area contributed by atoms with E-state index in [0.29, 0.717) is 17.9 Å². The third-order valence-corrected chi connectivity index (χ3v) is 6.05. The van der Waals surface area contributed by atoms with Crippen molar-refractivity contribution >= 4 is 39.6 Å². The largest absolute Gasteiger partial charge is 0.480 e. The molecule has 1 atom stereocenters. The normalized spacial score (nSPS) is 11.7. The van der Waals surface area contributed by atoms with E-state index in [-0.39, 0.29) is 11.8 Å². The Balaban J connectivity index is 1.58. The van der Waals surface area contributed by atoms with E-state index in [0.717, 1.165) is 26.9 Å². The molecule has 6 heteroatoms. The molecular weight excluding hydrogens is 420 g/mol. The van der Waals surface area contributed by atoms with Gasteiger partial charge in [0.2, 0.25) is 0 Å². The number of thiophene rings is 1. The molecule has 0 saturated carbocycles. The number of carbonyl (C=O) groups is 2. The third kappa shape index (κ3) is 4.98. The molecule has 2 amide bonds. The van der Waals surface area contributed by atoms with Crippen LogP contribution in [-0.4, -0.2) is 17.9 Å². The molecule has 0 fully saturated rings. The fourth-order valence-corrected chi connectivity index (χ4v) is 4.02. The Morgan fingerprint density at radius 2 is 1.69 bits per heavy atom. The SMILES string of the molecule is Cc1ccccc1NC(=O)c1cc2ccccc2cc1OC(C)C(=O)NCc1cccs1. The van der Waals surface area contributed by atoms with Gasteiger partial charge in [0.1, 0.15) is 5.75 Å². The van der Waals surface area contributed by atoms with Gasteiger partial charge < -0.3 is 15.4 Å². The Kier molecular flexibility index (Phi) is 6.52. The van der Waals surface area contributed by atoms with Gasteiger partial charge in [-0.25, -0.2) is 0 Å². The van der Waals surface area contributed by atoms with E-state index in [2.05, 4.69) is 10.6 Å². The van der Waals surface area contributed by atoms with Crippen LogP contribution in [0.3, 0.4) is 0 Å². The van der Waals surface area contributed by atoms with Crippen molar-refractivity contribution in [2.24, 2.45) is 0 Å². The zero-order chi connectivity index (χ0) is 22.5. The average Bonchev–Trinajstić information content (AvgIpc) is 3.32. The van der Waals surface area contributed by atoms with Crippen LogP contribution >= 0.6 is 11.3 Å². The molecule has 4 aromatic rings. The Morgan fingerprint density at radius 3 is 2.41 bits per heavy atom. The molecule has 2 N–H and O–H groups in total. The van der Waals surface area contributed by atoms with Crippen molar-refractivity contribution in [1.82, 2.24) is 5.32 Å². The van der Waals surface area contributed by atoms with Gasteiger partial charge >= 0.3 is 0 Å². The Bertz CT molecular complexity index is 1250. The quantitative estimate of drug-likeness (QED) is 0.393. The molecule has 4 rings (SSSR count). The van der Waals surface area contributed by atoms with E-state index in [1.807, 2.05) is 79.0 Å². The van der Waals surface area contributed by atoms with Gasteiger partial charge in [-0.2, -0.15) is 0 Å². The van der Waals surface area contributed by atoms with E-state index < -0.39 is 6.10 Å². The molecule has 0 saturated heterocycles. The first kappa shape index (κ1) is 21.6. The monoisotopic (exact) mass is 444 g/mol. The first-order chi connectivity index (χ1) is 15.5. The van der Waals surface area contributed by atoms with Crippen LogP contribution in [-0.2, 0) is 11.3 Å². The van der Waals surface area contributed by atoms with Gasteiger partial charge in [0.15, 0.2) is 6.10 Å². The summed E-state index contributed by atoms with van der Waals surface area (Å²) in [7, 11) is 0. The van der Waals surface area contributed by atoms with Gasteiger partial charge in [0.25, 0.3) is 11.8 Å².